The van der Waals surface area contributed by atoms with E-state index in [9.17, 15) is 18.0 Å². The van der Waals surface area contributed by atoms with Crippen molar-refractivity contribution in [3.05, 3.63) is 76.6 Å². The van der Waals surface area contributed by atoms with E-state index in [-0.39, 0.29) is 17.3 Å². The molecule has 4 aromatic rings. The SMILES string of the molecule is Cn1cnc2c(=O)nc(Oc3ccc(F)cc3F)n(-c3ccc(F)cc3)c21. The van der Waals surface area contributed by atoms with Crippen LogP contribution in [0.25, 0.3) is 16.9 Å². The van der Waals surface area contributed by atoms with Gasteiger partial charge in [-0.2, -0.15) is 4.98 Å². The molecule has 2 heterocycles. The number of halogens is 3. The van der Waals surface area contributed by atoms with Gasteiger partial charge in [0.2, 0.25) is 0 Å². The van der Waals surface area contributed by atoms with Crippen molar-refractivity contribution in [2.45, 2.75) is 0 Å². The molecule has 2 aromatic carbocycles. The van der Waals surface area contributed by atoms with Gasteiger partial charge in [-0.25, -0.2) is 22.7 Å². The number of benzene rings is 2. The zero-order valence-electron chi connectivity index (χ0n) is 13.9. The molecule has 0 saturated carbocycles. The summed E-state index contributed by atoms with van der Waals surface area (Å²) in [6.07, 6.45) is 1.41. The summed E-state index contributed by atoms with van der Waals surface area (Å²) >= 11 is 0. The van der Waals surface area contributed by atoms with E-state index >= 15 is 0 Å². The number of ether oxygens (including phenoxy) is 1. The highest BCUT2D eigenvalue weighted by Crippen LogP contribution is 2.27. The van der Waals surface area contributed by atoms with Gasteiger partial charge >= 0.3 is 11.6 Å². The van der Waals surface area contributed by atoms with Crippen molar-refractivity contribution in [3.63, 3.8) is 0 Å². The fraction of sp³-hybridized carbons (Fsp3) is 0.0556. The molecule has 0 aliphatic rings. The normalized spacial score (nSPS) is 11.1. The molecule has 0 fully saturated rings. The van der Waals surface area contributed by atoms with Crippen LogP contribution in [-0.2, 0) is 7.05 Å². The molecule has 0 N–H and O–H groups in total. The molecule has 0 bridgehead atoms. The predicted octanol–water partition coefficient (Wildman–Crippen LogP) is 3.33. The summed E-state index contributed by atoms with van der Waals surface area (Å²) in [4.78, 5) is 20.1. The lowest BCUT2D eigenvalue weighted by Crippen LogP contribution is -2.16. The molecule has 0 saturated heterocycles. The Kier molecular flexibility index (Phi) is 3.91. The minimum atomic E-state index is -0.958. The largest absolute Gasteiger partial charge is 0.422 e. The fourth-order valence-electron chi connectivity index (χ4n) is 2.67. The number of aromatic nitrogens is 4. The van der Waals surface area contributed by atoms with Crippen LogP contribution in [0.1, 0.15) is 0 Å². The van der Waals surface area contributed by atoms with Gasteiger partial charge in [0.25, 0.3) is 0 Å². The van der Waals surface area contributed by atoms with E-state index < -0.39 is 23.0 Å². The van der Waals surface area contributed by atoms with Crippen LogP contribution in [0.5, 0.6) is 11.8 Å². The first-order valence-corrected chi connectivity index (χ1v) is 7.77. The standard InChI is InChI=1S/C18H11F3N4O2/c1-24-9-22-15-16(26)23-18(27-14-7-4-11(20)8-13(14)21)25(17(15)24)12-5-2-10(19)3-6-12/h2-9H,1H3. The molecule has 2 aromatic heterocycles. The van der Waals surface area contributed by atoms with Gasteiger partial charge in [0.05, 0.1) is 12.0 Å². The molecule has 136 valence electrons. The van der Waals surface area contributed by atoms with Crippen LogP contribution in [0.2, 0.25) is 0 Å². The van der Waals surface area contributed by atoms with Crippen molar-refractivity contribution in [2.75, 3.05) is 0 Å². The molecule has 0 amide bonds. The summed E-state index contributed by atoms with van der Waals surface area (Å²) in [5.74, 6) is -2.51. The van der Waals surface area contributed by atoms with Gasteiger partial charge < -0.3 is 9.30 Å². The van der Waals surface area contributed by atoms with Crippen LogP contribution < -0.4 is 10.3 Å². The topological polar surface area (TPSA) is 61.9 Å². The van der Waals surface area contributed by atoms with Gasteiger partial charge in [0.15, 0.2) is 22.7 Å². The highest BCUT2D eigenvalue weighted by atomic mass is 19.1. The average Bonchev–Trinajstić information content (AvgIpc) is 3.01. The molecule has 0 spiro atoms. The number of fused-ring (bicyclic) bond motifs is 1. The highest BCUT2D eigenvalue weighted by Gasteiger charge is 2.19. The van der Waals surface area contributed by atoms with Crippen LogP contribution in [0.4, 0.5) is 13.2 Å². The van der Waals surface area contributed by atoms with Crippen LogP contribution in [0.15, 0.2) is 53.6 Å². The van der Waals surface area contributed by atoms with Gasteiger partial charge in [-0.15, -0.1) is 0 Å². The number of aryl methyl sites for hydroxylation is 1. The van der Waals surface area contributed by atoms with E-state index in [4.69, 9.17) is 4.74 Å². The number of imidazole rings is 1. The van der Waals surface area contributed by atoms with Crippen LogP contribution in [0.3, 0.4) is 0 Å². The fourth-order valence-corrected chi connectivity index (χ4v) is 2.67. The van der Waals surface area contributed by atoms with Crippen LogP contribution >= 0.6 is 0 Å². The van der Waals surface area contributed by atoms with Crippen LogP contribution in [0, 0.1) is 17.5 Å². The number of rotatable bonds is 3. The first-order chi connectivity index (χ1) is 12.9. The Bertz CT molecular complexity index is 1220. The van der Waals surface area contributed by atoms with E-state index in [0.29, 0.717) is 17.4 Å². The smallest absolute Gasteiger partial charge is 0.311 e. The van der Waals surface area contributed by atoms with Gasteiger partial charge in [-0.3, -0.25) is 4.79 Å². The summed E-state index contributed by atoms with van der Waals surface area (Å²) in [7, 11) is 1.65. The summed E-state index contributed by atoms with van der Waals surface area (Å²) in [5.41, 5.74) is 0.115. The number of nitrogens with zero attached hydrogens (tertiary/aromatic N) is 4. The summed E-state index contributed by atoms with van der Waals surface area (Å²) in [5, 5.41) is 0. The van der Waals surface area contributed by atoms with E-state index in [2.05, 4.69) is 9.97 Å². The Labute approximate surface area is 150 Å². The molecule has 0 unspecified atom stereocenters. The first kappa shape index (κ1) is 16.8. The molecule has 0 aliphatic heterocycles. The second-order valence-electron chi connectivity index (χ2n) is 5.72. The van der Waals surface area contributed by atoms with Crippen molar-refractivity contribution < 1.29 is 17.9 Å². The lowest BCUT2D eigenvalue weighted by Gasteiger charge is -2.15. The molecule has 6 nitrogen and oxygen atoms in total. The van der Waals surface area contributed by atoms with Gasteiger partial charge in [-0.05, 0) is 36.4 Å². The molecule has 0 aliphatic carbocycles. The number of hydrogen-bond acceptors (Lipinski definition) is 4. The molecule has 27 heavy (non-hydrogen) atoms. The van der Waals surface area contributed by atoms with Crippen molar-refractivity contribution in [1.82, 2.24) is 19.1 Å². The average molecular weight is 372 g/mol. The summed E-state index contributed by atoms with van der Waals surface area (Å²) in [6, 6.07) is 7.81. The van der Waals surface area contributed by atoms with E-state index in [1.807, 2.05) is 0 Å². The molecular formula is C18H11F3N4O2. The van der Waals surface area contributed by atoms with Crippen molar-refractivity contribution in [3.8, 4) is 17.4 Å². The quantitative estimate of drug-likeness (QED) is 0.554. The third-order valence-corrected chi connectivity index (χ3v) is 3.89. The first-order valence-electron chi connectivity index (χ1n) is 7.77. The van der Waals surface area contributed by atoms with Crippen molar-refractivity contribution in [2.24, 2.45) is 7.05 Å². The monoisotopic (exact) mass is 372 g/mol. The van der Waals surface area contributed by atoms with Crippen molar-refractivity contribution >= 4 is 11.2 Å². The van der Waals surface area contributed by atoms with E-state index in [1.54, 1.807) is 11.6 Å². The van der Waals surface area contributed by atoms with Crippen LogP contribution in [-0.4, -0.2) is 19.1 Å². The lowest BCUT2D eigenvalue weighted by molar-refractivity contribution is 0.397. The van der Waals surface area contributed by atoms with Gasteiger partial charge in [0, 0.05) is 13.1 Å². The molecule has 0 radical (unpaired) electrons. The second kappa shape index (κ2) is 6.27. The Hall–Kier alpha value is -3.62. The minimum absolute atomic E-state index is 0.0637. The minimum Gasteiger partial charge on any atom is -0.422 e. The summed E-state index contributed by atoms with van der Waals surface area (Å²) < 4.78 is 48.9. The van der Waals surface area contributed by atoms with Gasteiger partial charge in [0.1, 0.15) is 11.6 Å². The van der Waals surface area contributed by atoms with E-state index in [0.717, 1.165) is 12.1 Å². The molecule has 4 rings (SSSR count). The Balaban J connectivity index is 1.99. The molecule has 9 heteroatoms. The van der Waals surface area contributed by atoms with Gasteiger partial charge in [-0.1, -0.05) is 0 Å². The zero-order chi connectivity index (χ0) is 19.1. The Morgan fingerprint density at radius 3 is 2.41 bits per heavy atom. The Morgan fingerprint density at radius 1 is 1.00 bits per heavy atom. The maximum Gasteiger partial charge on any atom is 0.311 e. The third-order valence-electron chi connectivity index (χ3n) is 3.89. The third kappa shape index (κ3) is 2.92. The highest BCUT2D eigenvalue weighted by molar-refractivity contribution is 5.73. The molecule has 0 atom stereocenters. The maximum absolute atomic E-state index is 14.0. The number of hydrogen-bond donors (Lipinski definition) is 0. The lowest BCUT2D eigenvalue weighted by atomic mass is 10.3. The maximum atomic E-state index is 14.0. The van der Waals surface area contributed by atoms with E-state index in [1.165, 1.54) is 35.2 Å². The van der Waals surface area contributed by atoms with Crippen molar-refractivity contribution in [1.29, 1.82) is 0 Å². The Morgan fingerprint density at radius 2 is 1.70 bits per heavy atom. The predicted molar refractivity (Wildman–Crippen MR) is 90.5 cm³/mol. The summed E-state index contributed by atoms with van der Waals surface area (Å²) in [6.45, 7) is 0. The molecular weight excluding hydrogens is 361 g/mol. The second-order valence-corrected chi connectivity index (χ2v) is 5.72. The zero-order valence-corrected chi connectivity index (χ0v) is 13.9.